The SMILES string of the molecule is CC1(C)OC(=O)[C@@H](CCNc2ccc(S(=O)(=O)Cc3nccs3)cc2)O1. The first-order valence-electron chi connectivity index (χ1n) is 8.11. The minimum atomic E-state index is -3.41. The highest BCUT2D eigenvalue weighted by Crippen LogP contribution is 2.25. The average molecular weight is 396 g/mol. The van der Waals surface area contributed by atoms with Crippen molar-refractivity contribution >= 4 is 32.8 Å². The predicted octanol–water partition coefficient (Wildman–Crippen LogP) is 2.60. The van der Waals surface area contributed by atoms with Crippen LogP contribution in [0.3, 0.4) is 0 Å². The van der Waals surface area contributed by atoms with E-state index in [2.05, 4.69) is 10.3 Å². The van der Waals surface area contributed by atoms with E-state index in [1.807, 2.05) is 0 Å². The summed E-state index contributed by atoms with van der Waals surface area (Å²) in [6.45, 7) is 3.90. The van der Waals surface area contributed by atoms with Crippen molar-refractivity contribution in [1.82, 2.24) is 4.98 Å². The maximum Gasteiger partial charge on any atom is 0.337 e. The van der Waals surface area contributed by atoms with Crippen molar-refractivity contribution in [1.29, 1.82) is 0 Å². The molecule has 7 nitrogen and oxygen atoms in total. The fourth-order valence-corrected chi connectivity index (χ4v) is 4.85. The minimum absolute atomic E-state index is 0.103. The number of ether oxygens (including phenoxy) is 2. The Hall–Kier alpha value is -1.97. The van der Waals surface area contributed by atoms with E-state index in [0.29, 0.717) is 18.0 Å². The summed E-state index contributed by atoms with van der Waals surface area (Å²) >= 11 is 1.32. The first kappa shape index (κ1) is 18.8. The van der Waals surface area contributed by atoms with Crippen LogP contribution < -0.4 is 5.32 Å². The van der Waals surface area contributed by atoms with Crippen molar-refractivity contribution in [2.45, 2.75) is 42.8 Å². The summed E-state index contributed by atoms with van der Waals surface area (Å²) < 4.78 is 35.4. The van der Waals surface area contributed by atoms with E-state index >= 15 is 0 Å². The number of aromatic nitrogens is 1. The van der Waals surface area contributed by atoms with Gasteiger partial charge in [0.05, 0.1) is 4.90 Å². The fraction of sp³-hybridized carbons (Fsp3) is 0.412. The van der Waals surface area contributed by atoms with Gasteiger partial charge in [-0.1, -0.05) is 0 Å². The lowest BCUT2D eigenvalue weighted by molar-refractivity contribution is -0.160. The molecular formula is C17H20N2O5S2. The number of sulfone groups is 1. The number of nitrogens with one attached hydrogen (secondary N) is 1. The molecule has 1 aliphatic rings. The van der Waals surface area contributed by atoms with Gasteiger partial charge in [0.25, 0.3) is 0 Å². The van der Waals surface area contributed by atoms with Gasteiger partial charge in [-0.15, -0.1) is 11.3 Å². The third-order valence-electron chi connectivity index (χ3n) is 3.78. The first-order valence-corrected chi connectivity index (χ1v) is 10.6. The lowest BCUT2D eigenvalue weighted by Gasteiger charge is -2.15. The summed E-state index contributed by atoms with van der Waals surface area (Å²) in [5, 5.41) is 5.47. The van der Waals surface area contributed by atoms with Gasteiger partial charge in [0.2, 0.25) is 5.79 Å². The second-order valence-corrected chi connectivity index (χ2v) is 9.32. The van der Waals surface area contributed by atoms with Gasteiger partial charge < -0.3 is 14.8 Å². The van der Waals surface area contributed by atoms with E-state index in [1.54, 1.807) is 49.7 Å². The topological polar surface area (TPSA) is 94.6 Å². The number of hydrogen-bond donors (Lipinski definition) is 1. The predicted molar refractivity (Wildman–Crippen MR) is 97.6 cm³/mol. The van der Waals surface area contributed by atoms with Crippen molar-refractivity contribution < 1.29 is 22.7 Å². The Morgan fingerprint density at radius 2 is 2.00 bits per heavy atom. The molecule has 0 radical (unpaired) electrons. The molecule has 1 atom stereocenters. The number of hydrogen-bond acceptors (Lipinski definition) is 8. The minimum Gasteiger partial charge on any atom is -0.432 e. The number of rotatable bonds is 7. The molecule has 0 bridgehead atoms. The number of esters is 1. The number of benzene rings is 1. The molecule has 1 aromatic carbocycles. The molecule has 0 amide bonds. The van der Waals surface area contributed by atoms with E-state index in [1.165, 1.54) is 11.3 Å². The smallest absolute Gasteiger partial charge is 0.337 e. The molecular weight excluding hydrogens is 376 g/mol. The van der Waals surface area contributed by atoms with Crippen LogP contribution in [0, 0.1) is 0 Å². The highest BCUT2D eigenvalue weighted by Gasteiger charge is 2.40. The second kappa shape index (κ2) is 7.34. The maximum atomic E-state index is 12.4. The second-order valence-electron chi connectivity index (χ2n) is 6.35. The van der Waals surface area contributed by atoms with Crippen LogP contribution in [0.4, 0.5) is 5.69 Å². The number of anilines is 1. The van der Waals surface area contributed by atoms with Crippen molar-refractivity contribution in [3.8, 4) is 0 Å². The van der Waals surface area contributed by atoms with E-state index < -0.39 is 21.7 Å². The van der Waals surface area contributed by atoms with Crippen molar-refractivity contribution in [3.05, 3.63) is 40.8 Å². The van der Waals surface area contributed by atoms with Crippen LogP contribution in [0.2, 0.25) is 0 Å². The van der Waals surface area contributed by atoms with Crippen molar-refractivity contribution in [2.75, 3.05) is 11.9 Å². The highest BCUT2D eigenvalue weighted by atomic mass is 32.2. The Labute approximate surface area is 156 Å². The zero-order valence-corrected chi connectivity index (χ0v) is 16.1. The molecule has 1 saturated heterocycles. The average Bonchev–Trinajstić information content (AvgIpc) is 3.14. The number of cyclic esters (lactones) is 1. The first-order chi connectivity index (χ1) is 12.3. The van der Waals surface area contributed by atoms with Crippen LogP contribution in [0.5, 0.6) is 0 Å². The zero-order chi connectivity index (χ0) is 18.8. The van der Waals surface area contributed by atoms with Crippen LogP contribution in [0.15, 0.2) is 40.7 Å². The largest absolute Gasteiger partial charge is 0.432 e. The lowest BCUT2D eigenvalue weighted by atomic mass is 10.2. The number of carbonyl (C=O) groups excluding carboxylic acids is 1. The Morgan fingerprint density at radius 3 is 2.58 bits per heavy atom. The van der Waals surface area contributed by atoms with Gasteiger partial charge in [-0.05, 0) is 24.3 Å². The molecule has 3 rings (SSSR count). The molecule has 0 saturated carbocycles. The van der Waals surface area contributed by atoms with Gasteiger partial charge >= 0.3 is 5.97 Å². The molecule has 9 heteroatoms. The van der Waals surface area contributed by atoms with Crippen LogP contribution >= 0.6 is 11.3 Å². The summed E-state index contributed by atoms with van der Waals surface area (Å²) in [6, 6.07) is 6.53. The Kier molecular flexibility index (Phi) is 5.31. The van der Waals surface area contributed by atoms with Gasteiger partial charge in [-0.25, -0.2) is 18.2 Å². The summed E-state index contributed by atoms with van der Waals surface area (Å²) in [4.78, 5) is 15.9. The van der Waals surface area contributed by atoms with E-state index in [4.69, 9.17) is 9.47 Å². The molecule has 26 heavy (non-hydrogen) atoms. The number of nitrogens with zero attached hydrogens (tertiary/aromatic N) is 1. The standard InChI is InChI=1S/C17H20N2O5S2/c1-17(2)23-14(16(20)24-17)7-8-18-12-3-5-13(6-4-12)26(21,22)11-15-19-9-10-25-15/h3-6,9-10,14,18H,7-8,11H2,1-2H3/t14-/m1/s1. The molecule has 0 unspecified atom stereocenters. The van der Waals surface area contributed by atoms with E-state index in [-0.39, 0.29) is 16.6 Å². The molecule has 2 aromatic rings. The quantitative estimate of drug-likeness (QED) is 0.719. The Morgan fingerprint density at radius 1 is 1.27 bits per heavy atom. The van der Waals surface area contributed by atoms with Crippen LogP contribution in [0.1, 0.15) is 25.3 Å². The zero-order valence-electron chi connectivity index (χ0n) is 14.5. The molecule has 140 valence electrons. The molecule has 1 aromatic heterocycles. The summed E-state index contributed by atoms with van der Waals surface area (Å²) in [6.07, 6.45) is 1.47. The normalized spacial score (nSPS) is 19.3. The number of thiazole rings is 1. The summed E-state index contributed by atoms with van der Waals surface area (Å²) in [5.41, 5.74) is 0.767. The van der Waals surface area contributed by atoms with Gasteiger partial charge in [0, 0.05) is 44.1 Å². The lowest BCUT2D eigenvalue weighted by Crippen LogP contribution is -2.23. The van der Waals surface area contributed by atoms with Crippen LogP contribution in [-0.2, 0) is 29.9 Å². The van der Waals surface area contributed by atoms with Gasteiger partial charge in [0.15, 0.2) is 15.9 Å². The van der Waals surface area contributed by atoms with Crippen molar-refractivity contribution in [2.24, 2.45) is 0 Å². The summed E-state index contributed by atoms with van der Waals surface area (Å²) in [5.74, 6) is -1.34. The van der Waals surface area contributed by atoms with Crippen LogP contribution in [0.25, 0.3) is 0 Å². The molecule has 1 N–H and O–H groups in total. The number of carbonyl (C=O) groups is 1. The van der Waals surface area contributed by atoms with Crippen LogP contribution in [-0.4, -0.2) is 37.8 Å². The van der Waals surface area contributed by atoms with E-state index in [0.717, 1.165) is 5.69 Å². The highest BCUT2D eigenvalue weighted by molar-refractivity contribution is 7.90. The maximum absolute atomic E-state index is 12.4. The van der Waals surface area contributed by atoms with E-state index in [9.17, 15) is 13.2 Å². The molecule has 1 aliphatic heterocycles. The van der Waals surface area contributed by atoms with Crippen molar-refractivity contribution in [3.63, 3.8) is 0 Å². The Bertz CT molecular complexity index is 861. The monoisotopic (exact) mass is 396 g/mol. The summed E-state index contributed by atoms with van der Waals surface area (Å²) in [7, 11) is -3.41. The third kappa shape index (κ3) is 4.60. The molecule has 2 heterocycles. The fourth-order valence-electron chi connectivity index (χ4n) is 2.60. The van der Waals surface area contributed by atoms with Gasteiger partial charge in [-0.3, -0.25) is 0 Å². The molecule has 1 fully saturated rings. The molecule has 0 spiro atoms. The van der Waals surface area contributed by atoms with Gasteiger partial charge in [0.1, 0.15) is 10.8 Å². The molecule has 0 aliphatic carbocycles. The Balaban J connectivity index is 1.54. The third-order valence-corrected chi connectivity index (χ3v) is 6.39. The van der Waals surface area contributed by atoms with Gasteiger partial charge in [-0.2, -0.15) is 0 Å².